The van der Waals surface area contributed by atoms with Gasteiger partial charge >= 0.3 is 0 Å². The molecule has 3 aromatic heterocycles. The zero-order valence-corrected chi connectivity index (χ0v) is 16.6. The molecule has 1 N–H and O–H groups in total. The number of aromatic amines is 1. The van der Waals surface area contributed by atoms with E-state index in [4.69, 9.17) is 4.52 Å². The summed E-state index contributed by atoms with van der Waals surface area (Å²) in [4.78, 5) is 32.7. The topological polar surface area (TPSA) is 104 Å². The first kappa shape index (κ1) is 18.1. The summed E-state index contributed by atoms with van der Waals surface area (Å²) in [6, 6.07) is 0. The molecule has 2 aliphatic heterocycles. The summed E-state index contributed by atoms with van der Waals surface area (Å²) in [6.45, 7) is 5.35. The second-order valence-corrected chi connectivity index (χ2v) is 8.27. The standard InChI is InChI=1S/C20H25N7O2/c1-14-17-18(23-13-24-19(17)29-25-14)26-8-5-20(6-9-26)4-2-16(28)27(11-20)7-3-15-10-21-12-22-15/h10,12-13H,2-9,11H2,1H3,(H,21,22). The lowest BCUT2D eigenvalue weighted by molar-refractivity contribution is -0.138. The maximum Gasteiger partial charge on any atom is 0.263 e. The number of rotatable bonds is 4. The number of carbonyl (C=O) groups excluding carboxylic acids is 1. The molecule has 0 aliphatic carbocycles. The van der Waals surface area contributed by atoms with Gasteiger partial charge in [-0.1, -0.05) is 5.16 Å². The van der Waals surface area contributed by atoms with Crippen LogP contribution in [0.1, 0.15) is 37.1 Å². The molecule has 0 saturated carbocycles. The van der Waals surface area contributed by atoms with Crippen LogP contribution in [0.2, 0.25) is 0 Å². The van der Waals surface area contributed by atoms with Crippen molar-refractivity contribution < 1.29 is 9.32 Å². The van der Waals surface area contributed by atoms with Gasteiger partial charge in [-0.25, -0.2) is 9.97 Å². The smallest absolute Gasteiger partial charge is 0.263 e. The molecule has 5 rings (SSSR count). The minimum absolute atomic E-state index is 0.203. The molecule has 0 atom stereocenters. The minimum Gasteiger partial charge on any atom is -0.356 e. The van der Waals surface area contributed by atoms with E-state index in [9.17, 15) is 4.79 Å². The molecule has 1 amide bonds. The van der Waals surface area contributed by atoms with Gasteiger partial charge < -0.3 is 19.3 Å². The number of nitrogens with zero attached hydrogens (tertiary/aromatic N) is 6. The average molecular weight is 395 g/mol. The Morgan fingerprint density at radius 1 is 1.24 bits per heavy atom. The number of likely N-dealkylation sites (tertiary alicyclic amines) is 1. The van der Waals surface area contributed by atoms with Gasteiger partial charge in [0.05, 0.1) is 12.0 Å². The quantitative estimate of drug-likeness (QED) is 0.721. The van der Waals surface area contributed by atoms with Crippen LogP contribution in [0.25, 0.3) is 11.1 Å². The predicted octanol–water partition coefficient (Wildman–Crippen LogP) is 2.10. The van der Waals surface area contributed by atoms with Gasteiger partial charge in [-0.2, -0.15) is 4.98 Å². The van der Waals surface area contributed by atoms with E-state index < -0.39 is 0 Å². The molecule has 2 aliphatic rings. The number of amides is 1. The van der Waals surface area contributed by atoms with Crippen LogP contribution in [-0.2, 0) is 11.2 Å². The summed E-state index contributed by atoms with van der Waals surface area (Å²) >= 11 is 0. The minimum atomic E-state index is 0.203. The number of aryl methyl sites for hydroxylation is 1. The number of nitrogens with one attached hydrogen (secondary N) is 1. The van der Waals surface area contributed by atoms with Crippen molar-refractivity contribution >= 4 is 22.8 Å². The lowest BCUT2D eigenvalue weighted by Gasteiger charge is -2.47. The zero-order valence-electron chi connectivity index (χ0n) is 16.6. The highest BCUT2D eigenvalue weighted by atomic mass is 16.5. The number of anilines is 1. The average Bonchev–Trinajstić information content (AvgIpc) is 3.40. The van der Waals surface area contributed by atoms with E-state index in [2.05, 4.69) is 30.0 Å². The van der Waals surface area contributed by atoms with Gasteiger partial charge in [-0.05, 0) is 31.6 Å². The van der Waals surface area contributed by atoms with Crippen molar-refractivity contribution in [2.75, 3.05) is 31.1 Å². The maximum absolute atomic E-state index is 12.5. The molecule has 2 saturated heterocycles. The fourth-order valence-electron chi connectivity index (χ4n) is 4.73. The molecule has 1 spiro atoms. The number of aromatic nitrogens is 5. The monoisotopic (exact) mass is 395 g/mol. The van der Waals surface area contributed by atoms with E-state index in [0.717, 1.165) is 74.5 Å². The van der Waals surface area contributed by atoms with E-state index >= 15 is 0 Å². The number of hydrogen-bond acceptors (Lipinski definition) is 7. The third-order valence-electron chi connectivity index (χ3n) is 6.50. The summed E-state index contributed by atoms with van der Waals surface area (Å²) in [7, 11) is 0. The van der Waals surface area contributed by atoms with E-state index in [0.29, 0.717) is 12.1 Å². The van der Waals surface area contributed by atoms with Crippen molar-refractivity contribution in [1.82, 2.24) is 30.0 Å². The molecule has 5 heterocycles. The highest BCUT2D eigenvalue weighted by Gasteiger charge is 2.41. The second kappa shape index (κ2) is 7.13. The van der Waals surface area contributed by atoms with E-state index in [1.807, 2.05) is 18.0 Å². The van der Waals surface area contributed by atoms with Crippen molar-refractivity contribution in [3.63, 3.8) is 0 Å². The third-order valence-corrected chi connectivity index (χ3v) is 6.50. The van der Waals surface area contributed by atoms with Gasteiger partial charge in [-0.3, -0.25) is 4.79 Å². The van der Waals surface area contributed by atoms with Gasteiger partial charge in [0.1, 0.15) is 17.5 Å². The Bertz CT molecular complexity index is 1010. The Labute approximate surface area is 168 Å². The number of imidazole rings is 1. The molecular formula is C20H25N7O2. The van der Waals surface area contributed by atoms with Crippen molar-refractivity contribution in [3.8, 4) is 0 Å². The maximum atomic E-state index is 12.5. The summed E-state index contributed by atoms with van der Waals surface area (Å²) in [5, 5.41) is 4.95. The van der Waals surface area contributed by atoms with Crippen LogP contribution >= 0.6 is 0 Å². The van der Waals surface area contributed by atoms with Crippen LogP contribution < -0.4 is 4.90 Å². The fraction of sp³-hybridized carbons (Fsp3) is 0.550. The molecule has 0 unspecified atom stereocenters. The van der Waals surface area contributed by atoms with Gasteiger partial charge in [0.25, 0.3) is 5.71 Å². The van der Waals surface area contributed by atoms with Crippen LogP contribution in [0.3, 0.4) is 0 Å². The number of H-pyrrole nitrogens is 1. The first-order chi connectivity index (χ1) is 14.1. The van der Waals surface area contributed by atoms with Crippen LogP contribution in [-0.4, -0.2) is 62.1 Å². The normalized spacial score (nSPS) is 19.4. The predicted molar refractivity (Wildman–Crippen MR) is 106 cm³/mol. The Hall–Kier alpha value is -2.97. The molecule has 0 radical (unpaired) electrons. The number of piperidine rings is 2. The summed E-state index contributed by atoms with van der Waals surface area (Å²) in [6.07, 6.45) is 9.61. The molecule has 2 fully saturated rings. The zero-order chi connectivity index (χ0) is 19.8. The molecule has 152 valence electrons. The summed E-state index contributed by atoms with van der Waals surface area (Å²) in [5.41, 5.74) is 2.64. The molecule has 9 nitrogen and oxygen atoms in total. The molecular weight excluding hydrogens is 370 g/mol. The van der Waals surface area contributed by atoms with Gasteiger partial charge in [0, 0.05) is 50.9 Å². The van der Waals surface area contributed by atoms with Crippen LogP contribution in [0.15, 0.2) is 23.4 Å². The largest absolute Gasteiger partial charge is 0.356 e. The van der Waals surface area contributed by atoms with E-state index in [1.165, 1.54) is 0 Å². The summed E-state index contributed by atoms with van der Waals surface area (Å²) in [5.74, 6) is 1.18. The third kappa shape index (κ3) is 3.34. The Morgan fingerprint density at radius 3 is 2.90 bits per heavy atom. The lowest BCUT2D eigenvalue weighted by atomic mass is 9.72. The number of carbonyl (C=O) groups is 1. The van der Waals surface area contributed by atoms with Gasteiger partial charge in [0.2, 0.25) is 5.91 Å². The first-order valence-corrected chi connectivity index (χ1v) is 10.2. The van der Waals surface area contributed by atoms with Crippen molar-refractivity contribution in [1.29, 1.82) is 0 Å². The molecule has 3 aromatic rings. The highest BCUT2D eigenvalue weighted by Crippen LogP contribution is 2.41. The molecule has 0 bridgehead atoms. The number of hydrogen-bond donors (Lipinski definition) is 1. The number of fused-ring (bicyclic) bond motifs is 1. The van der Waals surface area contributed by atoms with Crippen molar-refractivity contribution in [3.05, 3.63) is 30.2 Å². The van der Waals surface area contributed by atoms with Crippen molar-refractivity contribution in [2.45, 2.75) is 39.0 Å². The fourth-order valence-corrected chi connectivity index (χ4v) is 4.73. The van der Waals surface area contributed by atoms with Gasteiger partial charge in [-0.15, -0.1) is 0 Å². The Morgan fingerprint density at radius 2 is 2.10 bits per heavy atom. The first-order valence-electron chi connectivity index (χ1n) is 10.2. The van der Waals surface area contributed by atoms with Crippen LogP contribution in [0.4, 0.5) is 5.82 Å². The van der Waals surface area contributed by atoms with Crippen molar-refractivity contribution in [2.24, 2.45) is 5.41 Å². The molecule has 9 heteroatoms. The molecule has 29 heavy (non-hydrogen) atoms. The summed E-state index contributed by atoms with van der Waals surface area (Å²) < 4.78 is 5.29. The van der Waals surface area contributed by atoms with Crippen LogP contribution in [0.5, 0.6) is 0 Å². The lowest BCUT2D eigenvalue weighted by Crippen LogP contribution is -2.52. The SMILES string of the molecule is Cc1noc2ncnc(N3CCC4(CCC(=O)N(CCc5cnc[nH]5)C4)CC3)c12. The van der Waals surface area contributed by atoms with E-state index in [-0.39, 0.29) is 11.3 Å². The Balaban J connectivity index is 1.27. The second-order valence-electron chi connectivity index (χ2n) is 8.27. The van der Waals surface area contributed by atoms with Gasteiger partial charge in [0.15, 0.2) is 0 Å². The highest BCUT2D eigenvalue weighted by molar-refractivity contribution is 5.87. The Kier molecular flexibility index (Phi) is 4.44. The van der Waals surface area contributed by atoms with Crippen LogP contribution in [0, 0.1) is 12.3 Å². The van der Waals surface area contributed by atoms with E-state index in [1.54, 1.807) is 12.7 Å². The molecule has 0 aromatic carbocycles.